The summed E-state index contributed by atoms with van der Waals surface area (Å²) in [6.45, 7) is 21.7. The molecule has 0 aliphatic heterocycles. The molecule has 0 aromatic heterocycles. The van der Waals surface area contributed by atoms with E-state index in [4.69, 9.17) is 0 Å². The Hall–Kier alpha value is -1.02. The molecule has 3 atom stereocenters. The normalized spacial score (nSPS) is 23.9. The third kappa shape index (κ3) is 9.07. The molecular formula is C33H48O2Zr. The van der Waals surface area contributed by atoms with E-state index in [1.54, 1.807) is 69.4 Å². The third-order valence-electron chi connectivity index (χ3n) is 7.01. The summed E-state index contributed by atoms with van der Waals surface area (Å²) in [7, 11) is 0. The summed E-state index contributed by atoms with van der Waals surface area (Å²) >= 11 is -0.640. The molecule has 3 heteroatoms. The zero-order valence-electron chi connectivity index (χ0n) is 24.6. The average Bonchev–Trinajstić information content (AvgIpc) is 3.16. The number of benzene rings is 1. The molecule has 0 spiro atoms. The zero-order chi connectivity index (χ0) is 27.4. The second-order valence-electron chi connectivity index (χ2n) is 12.6. The van der Waals surface area contributed by atoms with E-state index in [0.29, 0.717) is 11.8 Å². The molecule has 1 aromatic rings. The molecule has 1 aromatic carbocycles. The second-order valence-corrected chi connectivity index (χ2v) is 16.0. The van der Waals surface area contributed by atoms with Crippen LogP contribution in [0.15, 0.2) is 73.1 Å². The fourth-order valence-corrected chi connectivity index (χ4v) is 9.97. The van der Waals surface area contributed by atoms with Crippen molar-refractivity contribution in [3.05, 3.63) is 78.7 Å². The van der Waals surface area contributed by atoms with Crippen molar-refractivity contribution in [3.63, 3.8) is 0 Å². The summed E-state index contributed by atoms with van der Waals surface area (Å²) in [5.41, 5.74) is 10.0. The molecule has 2 nitrogen and oxygen atoms in total. The Morgan fingerprint density at radius 2 is 1.36 bits per heavy atom. The van der Waals surface area contributed by atoms with Crippen LogP contribution in [0.1, 0.15) is 107 Å². The van der Waals surface area contributed by atoms with Crippen molar-refractivity contribution in [2.45, 2.75) is 116 Å². The van der Waals surface area contributed by atoms with Crippen LogP contribution in [-0.2, 0) is 23.2 Å². The molecule has 0 radical (unpaired) electrons. The van der Waals surface area contributed by atoms with Crippen LogP contribution in [0.3, 0.4) is 0 Å². The first-order valence-corrected chi connectivity index (χ1v) is 16.2. The molecule has 36 heavy (non-hydrogen) atoms. The molecule has 0 amide bonds. The van der Waals surface area contributed by atoms with Crippen molar-refractivity contribution in [2.24, 2.45) is 5.92 Å². The maximum atomic E-state index is 10.1. The Balaban J connectivity index is 0.000000389. The fraction of sp³-hybridized carbons (Fsp3) is 0.576. The number of hydrogen-bond donors (Lipinski definition) is 0. The predicted octanol–water partition coefficient (Wildman–Crippen LogP) is 7.63. The van der Waals surface area contributed by atoms with Crippen LogP contribution in [0.2, 0.25) is 3.63 Å². The second kappa shape index (κ2) is 12.7. The van der Waals surface area contributed by atoms with Gasteiger partial charge >= 0.3 is 171 Å². The van der Waals surface area contributed by atoms with Crippen LogP contribution in [0.4, 0.5) is 0 Å². The van der Waals surface area contributed by atoms with Crippen molar-refractivity contribution < 1.29 is 33.4 Å². The summed E-state index contributed by atoms with van der Waals surface area (Å²) in [4.78, 5) is 0. The van der Waals surface area contributed by atoms with E-state index in [1.807, 2.05) is 8.85 Å². The first-order valence-electron chi connectivity index (χ1n) is 13.5. The van der Waals surface area contributed by atoms with Gasteiger partial charge in [-0.1, -0.05) is 41.5 Å². The molecule has 3 aliphatic carbocycles. The zero-order valence-corrected chi connectivity index (χ0v) is 27.1. The maximum absolute atomic E-state index is 10.1. The Kier molecular flexibility index (Phi) is 11.0. The fourth-order valence-electron chi connectivity index (χ4n) is 5.11. The van der Waals surface area contributed by atoms with Crippen molar-refractivity contribution in [1.82, 2.24) is 0 Å². The van der Waals surface area contributed by atoms with Gasteiger partial charge in [0.2, 0.25) is 0 Å². The minimum atomic E-state index is -0.750. The third-order valence-corrected chi connectivity index (χ3v) is 12.5. The van der Waals surface area contributed by atoms with Gasteiger partial charge in [0.15, 0.2) is 0 Å². The number of allylic oxidation sites excluding steroid dienone is 8. The topological polar surface area (TPSA) is 46.1 Å². The standard InChI is InChI=1S/C16H17.C9H13.2C4H9O.Zr/c1-12-10-14-8-5-9-15(16(14)11-12)13-6-3-2-4-7-13;1-6-5-7(2)9(4)8(6)3;2*1-4(2,3)5;/h2-4,6-7,10-11,15H,5,8-9H2,1H3;6H,1-4H3;2*1-3H3;/q;;2*-1;+2. The van der Waals surface area contributed by atoms with E-state index < -0.39 is 34.4 Å². The van der Waals surface area contributed by atoms with Crippen molar-refractivity contribution >= 4 is 0 Å². The monoisotopic (exact) mass is 566 g/mol. The molecule has 196 valence electrons. The van der Waals surface area contributed by atoms with Gasteiger partial charge in [0.1, 0.15) is 0 Å². The van der Waals surface area contributed by atoms with Gasteiger partial charge < -0.3 is 10.2 Å². The number of hydrogen-bond acceptors (Lipinski definition) is 2. The molecule has 0 N–H and O–H groups in total. The summed E-state index contributed by atoms with van der Waals surface area (Å²) in [6, 6.07) is 11.2. The Morgan fingerprint density at radius 3 is 1.83 bits per heavy atom. The van der Waals surface area contributed by atoms with Gasteiger partial charge in [0.05, 0.1) is 0 Å². The quantitative estimate of drug-likeness (QED) is 0.377. The Labute approximate surface area is 233 Å². The van der Waals surface area contributed by atoms with Crippen LogP contribution in [0.25, 0.3) is 0 Å². The van der Waals surface area contributed by atoms with E-state index >= 15 is 0 Å². The molecular weight excluding hydrogens is 520 g/mol. The summed E-state index contributed by atoms with van der Waals surface area (Å²) in [6.07, 6.45) is 6.60. The first-order chi connectivity index (χ1) is 16.5. The SMILES string of the molecule is CC(C)(C)[O-].CC(C)(C)[O-].CC1=CC2=C(CCCC2c2ccccc2)[CH]1[Zr+2][C]1=C(C)C(C)=C(C)C1C. The van der Waals surface area contributed by atoms with Crippen LogP contribution < -0.4 is 10.2 Å². The van der Waals surface area contributed by atoms with E-state index in [9.17, 15) is 10.2 Å². The average molecular weight is 568 g/mol. The Morgan fingerprint density at radius 1 is 0.833 bits per heavy atom. The number of rotatable bonds is 3. The molecule has 3 unspecified atom stereocenters. The predicted molar refractivity (Wildman–Crippen MR) is 147 cm³/mol. The minimum absolute atomic E-state index is 0.636. The van der Waals surface area contributed by atoms with Gasteiger partial charge in [0, 0.05) is 0 Å². The van der Waals surface area contributed by atoms with Gasteiger partial charge in [-0.2, -0.15) is 0 Å². The van der Waals surface area contributed by atoms with Crippen LogP contribution in [0.5, 0.6) is 0 Å². The molecule has 0 saturated heterocycles. The van der Waals surface area contributed by atoms with E-state index in [2.05, 4.69) is 71.0 Å². The molecule has 0 fully saturated rings. The molecule has 0 bridgehead atoms. The molecule has 4 rings (SSSR count). The van der Waals surface area contributed by atoms with Gasteiger partial charge in [-0.15, -0.1) is 11.2 Å². The van der Waals surface area contributed by atoms with E-state index in [1.165, 1.54) is 24.8 Å². The van der Waals surface area contributed by atoms with Crippen LogP contribution in [-0.4, -0.2) is 11.2 Å². The van der Waals surface area contributed by atoms with Crippen LogP contribution in [0, 0.1) is 5.92 Å². The van der Waals surface area contributed by atoms with Crippen molar-refractivity contribution in [3.8, 4) is 0 Å². The van der Waals surface area contributed by atoms with E-state index in [0.717, 1.165) is 3.63 Å². The summed E-state index contributed by atoms with van der Waals surface area (Å²) in [5.74, 6) is 1.34. The molecule has 0 saturated carbocycles. The summed E-state index contributed by atoms with van der Waals surface area (Å²) in [5, 5.41) is 20.2. The Bertz CT molecular complexity index is 1000. The molecule has 0 heterocycles. The van der Waals surface area contributed by atoms with Gasteiger partial charge in [0.25, 0.3) is 0 Å². The van der Waals surface area contributed by atoms with E-state index in [-0.39, 0.29) is 0 Å². The van der Waals surface area contributed by atoms with Crippen molar-refractivity contribution in [1.29, 1.82) is 0 Å². The molecule has 3 aliphatic rings. The summed E-state index contributed by atoms with van der Waals surface area (Å²) < 4.78 is 2.67. The van der Waals surface area contributed by atoms with Gasteiger partial charge in [-0.3, -0.25) is 0 Å². The van der Waals surface area contributed by atoms with Gasteiger partial charge in [-0.05, 0) is 0 Å². The van der Waals surface area contributed by atoms with Gasteiger partial charge in [-0.25, -0.2) is 0 Å². The van der Waals surface area contributed by atoms with Crippen molar-refractivity contribution in [2.75, 3.05) is 0 Å². The van der Waals surface area contributed by atoms with Crippen LogP contribution >= 0.6 is 0 Å². The first kappa shape index (κ1) is 31.2.